The Morgan fingerprint density at radius 1 is 1.03 bits per heavy atom. The van der Waals surface area contributed by atoms with E-state index in [1.54, 1.807) is 37.4 Å². The molecule has 0 bridgehead atoms. The highest BCUT2D eigenvalue weighted by molar-refractivity contribution is 8.18. The van der Waals surface area contributed by atoms with Gasteiger partial charge >= 0.3 is 5.97 Å². The van der Waals surface area contributed by atoms with Gasteiger partial charge in [0, 0.05) is 7.05 Å². The molecule has 1 N–H and O–H groups in total. The normalized spacial score (nSPS) is 15.6. The first-order valence-corrected chi connectivity index (χ1v) is 13.1. The number of carboxylic acids is 1. The van der Waals surface area contributed by atoms with Gasteiger partial charge in [-0.2, -0.15) is 0 Å². The molecule has 38 heavy (non-hydrogen) atoms. The van der Waals surface area contributed by atoms with Gasteiger partial charge in [-0.15, -0.1) is 0 Å². The number of likely N-dealkylation sites (N-methyl/N-ethyl adjacent to an activating group) is 1. The first-order valence-electron chi connectivity index (χ1n) is 11.5. The van der Waals surface area contributed by atoms with E-state index in [2.05, 4.69) is 4.99 Å². The standard InChI is InChI=1S/C29H20Cl2N2O4S/c1-33-27(34)25(38-29(33)32-21-11-9-19(10-12-21)28(35)36)15-17-13-23(30)26(24(31)14-17)37-16-20-7-4-6-18-5-2-3-8-22(18)20/h2-15H,16H2,1H3,(H,35,36)/b25-15-,32-29?. The number of fused-ring (bicyclic) bond motifs is 1. The highest BCUT2D eigenvalue weighted by atomic mass is 35.5. The number of carboxylic acid groups (broad SMARTS) is 1. The number of hydrogen-bond acceptors (Lipinski definition) is 5. The Kier molecular flexibility index (Phi) is 7.42. The number of halogens is 2. The number of carbonyl (C=O) groups excluding carboxylic acids is 1. The summed E-state index contributed by atoms with van der Waals surface area (Å²) in [7, 11) is 1.63. The molecule has 190 valence electrons. The quantitative estimate of drug-likeness (QED) is 0.244. The van der Waals surface area contributed by atoms with Crippen molar-refractivity contribution in [3.63, 3.8) is 0 Å². The number of thioether (sulfide) groups is 1. The van der Waals surface area contributed by atoms with E-state index in [0.717, 1.165) is 16.3 Å². The number of amides is 1. The average Bonchev–Trinajstić information content (AvgIpc) is 3.16. The van der Waals surface area contributed by atoms with Crippen molar-refractivity contribution in [1.29, 1.82) is 0 Å². The molecule has 0 unspecified atom stereocenters. The van der Waals surface area contributed by atoms with Crippen molar-refractivity contribution < 1.29 is 19.4 Å². The highest BCUT2D eigenvalue weighted by Gasteiger charge is 2.30. The van der Waals surface area contributed by atoms with E-state index in [1.165, 1.54) is 28.8 Å². The monoisotopic (exact) mass is 562 g/mol. The SMILES string of the molecule is CN1C(=O)/C(=C/c2cc(Cl)c(OCc3cccc4ccccc34)c(Cl)c2)SC1=Nc1ccc(C(=O)O)cc1. The van der Waals surface area contributed by atoms with Crippen molar-refractivity contribution in [3.05, 3.63) is 111 Å². The Bertz CT molecular complexity index is 1610. The number of rotatable bonds is 6. The van der Waals surface area contributed by atoms with Crippen molar-refractivity contribution in [3.8, 4) is 5.75 Å². The molecule has 1 aliphatic rings. The van der Waals surface area contributed by atoms with Crippen molar-refractivity contribution >= 4 is 74.5 Å². The van der Waals surface area contributed by atoms with E-state index >= 15 is 0 Å². The van der Waals surface area contributed by atoms with E-state index < -0.39 is 5.97 Å². The Balaban J connectivity index is 1.35. The van der Waals surface area contributed by atoms with Gasteiger partial charge in [0.2, 0.25) is 0 Å². The summed E-state index contributed by atoms with van der Waals surface area (Å²) in [6.45, 7) is 0.299. The van der Waals surface area contributed by atoms with Gasteiger partial charge in [-0.05, 0) is 76.1 Å². The molecule has 0 aromatic heterocycles. The number of nitrogens with zero attached hydrogens (tertiary/aromatic N) is 2. The van der Waals surface area contributed by atoms with Gasteiger partial charge in [-0.25, -0.2) is 9.79 Å². The number of aromatic carboxylic acids is 1. The Labute approximate surface area is 233 Å². The van der Waals surface area contributed by atoms with Crippen LogP contribution in [0.2, 0.25) is 10.0 Å². The van der Waals surface area contributed by atoms with E-state index in [4.69, 9.17) is 33.0 Å². The summed E-state index contributed by atoms with van der Waals surface area (Å²) in [6.07, 6.45) is 1.70. The first kappa shape index (κ1) is 25.9. The molecule has 0 radical (unpaired) electrons. The van der Waals surface area contributed by atoms with E-state index in [-0.39, 0.29) is 11.5 Å². The van der Waals surface area contributed by atoms with E-state index in [0.29, 0.717) is 43.7 Å². The maximum Gasteiger partial charge on any atom is 0.335 e. The molecule has 0 aliphatic carbocycles. The molecule has 0 saturated carbocycles. The minimum atomic E-state index is -1.01. The molecule has 1 aliphatic heterocycles. The lowest BCUT2D eigenvalue weighted by atomic mass is 10.1. The second-order valence-corrected chi connectivity index (χ2v) is 10.3. The lowest BCUT2D eigenvalue weighted by molar-refractivity contribution is -0.121. The van der Waals surface area contributed by atoms with Crippen LogP contribution in [0.25, 0.3) is 16.8 Å². The summed E-state index contributed by atoms with van der Waals surface area (Å²) < 4.78 is 6.01. The molecule has 9 heteroatoms. The number of aliphatic imine (C=N–C) groups is 1. The number of carbonyl (C=O) groups is 2. The van der Waals surface area contributed by atoms with Crippen LogP contribution < -0.4 is 4.74 Å². The smallest absolute Gasteiger partial charge is 0.335 e. The van der Waals surface area contributed by atoms with Gasteiger partial charge in [-0.3, -0.25) is 9.69 Å². The highest BCUT2D eigenvalue weighted by Crippen LogP contribution is 2.38. The molecule has 1 fully saturated rings. The van der Waals surface area contributed by atoms with Crippen LogP contribution in [0.4, 0.5) is 5.69 Å². The first-order chi connectivity index (χ1) is 18.3. The molecule has 4 aromatic carbocycles. The number of benzene rings is 4. The molecule has 1 saturated heterocycles. The van der Waals surface area contributed by atoms with Gasteiger partial charge in [-0.1, -0.05) is 65.7 Å². The second kappa shape index (κ2) is 10.9. The zero-order valence-corrected chi connectivity index (χ0v) is 22.3. The molecule has 1 amide bonds. The number of amidine groups is 1. The Hall–Kier alpha value is -3.78. The molecule has 6 nitrogen and oxygen atoms in total. The lowest BCUT2D eigenvalue weighted by Crippen LogP contribution is -2.23. The average molecular weight is 563 g/mol. The van der Waals surface area contributed by atoms with Crippen molar-refractivity contribution in [2.45, 2.75) is 6.61 Å². The molecule has 0 spiro atoms. The summed E-state index contributed by atoms with van der Waals surface area (Å²) in [6, 6.07) is 23.6. The predicted octanol–water partition coefficient (Wildman–Crippen LogP) is 7.66. The largest absolute Gasteiger partial charge is 0.486 e. The van der Waals surface area contributed by atoms with Crippen LogP contribution >= 0.6 is 35.0 Å². The molecule has 4 aromatic rings. The molecule has 5 rings (SSSR count). The van der Waals surface area contributed by atoms with Gasteiger partial charge < -0.3 is 9.84 Å². The fraction of sp³-hybridized carbons (Fsp3) is 0.0690. The van der Waals surface area contributed by atoms with Crippen molar-refractivity contribution in [2.24, 2.45) is 4.99 Å². The van der Waals surface area contributed by atoms with Gasteiger partial charge in [0.05, 0.1) is 26.2 Å². The van der Waals surface area contributed by atoms with Crippen LogP contribution in [0.1, 0.15) is 21.5 Å². The number of hydrogen-bond donors (Lipinski definition) is 1. The van der Waals surface area contributed by atoms with Gasteiger partial charge in [0.15, 0.2) is 10.9 Å². The van der Waals surface area contributed by atoms with Crippen LogP contribution in [0.15, 0.2) is 88.8 Å². The molecule has 1 heterocycles. The van der Waals surface area contributed by atoms with Crippen LogP contribution in [-0.2, 0) is 11.4 Å². The summed E-state index contributed by atoms with van der Waals surface area (Å²) in [5.74, 6) is -0.864. The Morgan fingerprint density at radius 2 is 1.71 bits per heavy atom. The van der Waals surface area contributed by atoms with Gasteiger partial charge in [0.1, 0.15) is 6.61 Å². The zero-order chi connectivity index (χ0) is 26.8. The summed E-state index contributed by atoms with van der Waals surface area (Å²) in [4.78, 5) is 30.3. The van der Waals surface area contributed by atoms with Crippen molar-refractivity contribution in [2.75, 3.05) is 7.05 Å². The molecule has 0 atom stereocenters. The number of ether oxygens (including phenoxy) is 1. The third-order valence-corrected chi connectivity index (χ3v) is 7.53. The topological polar surface area (TPSA) is 79.2 Å². The van der Waals surface area contributed by atoms with Crippen LogP contribution in [-0.4, -0.2) is 34.1 Å². The third kappa shape index (κ3) is 5.41. The van der Waals surface area contributed by atoms with E-state index in [9.17, 15) is 9.59 Å². The fourth-order valence-electron chi connectivity index (χ4n) is 3.96. The summed E-state index contributed by atoms with van der Waals surface area (Å²) >= 11 is 14.3. The predicted molar refractivity (Wildman–Crippen MR) is 154 cm³/mol. The fourth-order valence-corrected chi connectivity index (χ4v) is 5.56. The second-order valence-electron chi connectivity index (χ2n) is 8.46. The summed E-state index contributed by atoms with van der Waals surface area (Å²) in [5.41, 5.74) is 2.36. The van der Waals surface area contributed by atoms with Crippen LogP contribution in [0.3, 0.4) is 0 Å². The van der Waals surface area contributed by atoms with Crippen LogP contribution in [0.5, 0.6) is 5.75 Å². The third-order valence-electron chi connectivity index (χ3n) is 5.91. The zero-order valence-electron chi connectivity index (χ0n) is 20.0. The molecular formula is C29H20Cl2N2O4S. The minimum absolute atomic E-state index is 0.163. The van der Waals surface area contributed by atoms with Crippen molar-refractivity contribution in [1.82, 2.24) is 4.90 Å². The summed E-state index contributed by atoms with van der Waals surface area (Å²) in [5, 5.41) is 12.4. The van der Waals surface area contributed by atoms with Gasteiger partial charge in [0.25, 0.3) is 5.91 Å². The maximum absolute atomic E-state index is 12.8. The lowest BCUT2D eigenvalue weighted by Gasteiger charge is -2.12. The Morgan fingerprint density at radius 3 is 2.42 bits per heavy atom. The minimum Gasteiger partial charge on any atom is -0.486 e. The molecular weight excluding hydrogens is 543 g/mol. The maximum atomic E-state index is 12.8. The van der Waals surface area contributed by atoms with Crippen LogP contribution in [0, 0.1) is 0 Å². The van der Waals surface area contributed by atoms with E-state index in [1.807, 2.05) is 42.5 Å².